The number of benzene rings is 3. The highest BCUT2D eigenvalue weighted by atomic mass is 16.5. The van der Waals surface area contributed by atoms with Crippen molar-refractivity contribution < 1.29 is 24.2 Å². The topological polar surface area (TPSA) is 76.1 Å². The minimum Gasteiger partial charge on any atom is -0.507 e. The van der Waals surface area contributed by atoms with Crippen LogP contribution in [0.3, 0.4) is 0 Å². The molecule has 1 aliphatic rings. The first kappa shape index (κ1) is 28.9. The molecular formula is C34H39NO5. The molecule has 40 heavy (non-hydrogen) atoms. The molecule has 1 N–H and O–H groups in total. The number of carbonyl (C=O) groups is 2. The van der Waals surface area contributed by atoms with Gasteiger partial charge in [0, 0.05) is 17.3 Å². The lowest BCUT2D eigenvalue weighted by atomic mass is 9.85. The maximum absolute atomic E-state index is 13.6. The summed E-state index contributed by atoms with van der Waals surface area (Å²) in [6, 6.07) is 19.5. The van der Waals surface area contributed by atoms with Gasteiger partial charge < -0.3 is 14.6 Å². The number of aliphatic hydroxyl groups is 1. The Morgan fingerprint density at radius 3 is 2.30 bits per heavy atom. The molecule has 0 aliphatic carbocycles. The van der Waals surface area contributed by atoms with Crippen molar-refractivity contribution in [2.75, 3.05) is 11.5 Å². The van der Waals surface area contributed by atoms with Crippen molar-refractivity contribution in [3.05, 3.63) is 94.6 Å². The Kier molecular flexibility index (Phi) is 8.38. The van der Waals surface area contributed by atoms with Gasteiger partial charge in [-0.15, -0.1) is 0 Å². The number of hydrogen-bond acceptors (Lipinski definition) is 5. The number of rotatable bonds is 8. The van der Waals surface area contributed by atoms with E-state index in [9.17, 15) is 14.7 Å². The lowest BCUT2D eigenvalue weighted by Crippen LogP contribution is -2.29. The molecule has 210 valence electrons. The zero-order valence-electron chi connectivity index (χ0n) is 24.4. The van der Waals surface area contributed by atoms with Crippen LogP contribution < -0.4 is 14.4 Å². The molecule has 1 aliphatic heterocycles. The lowest BCUT2D eigenvalue weighted by Gasteiger charge is -2.27. The number of amides is 1. The summed E-state index contributed by atoms with van der Waals surface area (Å²) in [6.45, 7) is 14.7. The minimum atomic E-state index is -0.817. The molecule has 1 fully saturated rings. The summed E-state index contributed by atoms with van der Waals surface area (Å²) in [5, 5.41) is 11.6. The SMILES string of the molecule is CCCOc1cccc(N2C(=O)C(=O)/C(=C(\O)c3ccc(OC(C)C)c(C)c3)C2c2ccc(C(C)(C)C)cc2)c1. The second kappa shape index (κ2) is 11.6. The number of nitrogens with zero attached hydrogens (tertiary/aromatic N) is 1. The molecule has 1 heterocycles. The first-order valence-electron chi connectivity index (χ1n) is 13.8. The van der Waals surface area contributed by atoms with E-state index in [1.807, 2.05) is 58.0 Å². The molecule has 1 saturated heterocycles. The van der Waals surface area contributed by atoms with Crippen LogP contribution in [0.4, 0.5) is 5.69 Å². The normalized spacial score (nSPS) is 17.0. The van der Waals surface area contributed by atoms with Crippen molar-refractivity contribution in [2.24, 2.45) is 0 Å². The molecule has 0 saturated carbocycles. The first-order chi connectivity index (χ1) is 18.9. The number of ether oxygens (including phenoxy) is 2. The molecule has 6 heteroatoms. The third kappa shape index (κ3) is 5.91. The Labute approximate surface area is 237 Å². The molecular weight excluding hydrogens is 502 g/mol. The van der Waals surface area contributed by atoms with Crippen LogP contribution in [-0.4, -0.2) is 29.5 Å². The monoisotopic (exact) mass is 541 g/mol. The van der Waals surface area contributed by atoms with Crippen LogP contribution >= 0.6 is 0 Å². The Bertz CT molecular complexity index is 1430. The zero-order valence-corrected chi connectivity index (χ0v) is 24.4. The number of carbonyl (C=O) groups excluding carboxylic acids is 2. The maximum atomic E-state index is 13.6. The number of hydrogen-bond donors (Lipinski definition) is 1. The van der Waals surface area contributed by atoms with E-state index in [2.05, 4.69) is 20.8 Å². The van der Waals surface area contributed by atoms with Gasteiger partial charge in [0.2, 0.25) is 0 Å². The molecule has 1 amide bonds. The maximum Gasteiger partial charge on any atom is 0.300 e. The molecule has 6 nitrogen and oxygen atoms in total. The molecule has 0 radical (unpaired) electrons. The van der Waals surface area contributed by atoms with Gasteiger partial charge in [0.1, 0.15) is 17.3 Å². The average Bonchev–Trinajstić information content (AvgIpc) is 3.17. The van der Waals surface area contributed by atoms with Crippen LogP contribution in [0.1, 0.15) is 76.3 Å². The minimum absolute atomic E-state index is 0.00314. The molecule has 0 bridgehead atoms. The van der Waals surface area contributed by atoms with E-state index in [0.717, 1.165) is 23.1 Å². The fourth-order valence-corrected chi connectivity index (χ4v) is 4.86. The van der Waals surface area contributed by atoms with E-state index in [4.69, 9.17) is 9.47 Å². The van der Waals surface area contributed by atoms with E-state index in [1.54, 1.807) is 36.4 Å². The van der Waals surface area contributed by atoms with Crippen LogP contribution in [0, 0.1) is 6.92 Å². The first-order valence-corrected chi connectivity index (χ1v) is 13.8. The Hall–Kier alpha value is -4.06. The van der Waals surface area contributed by atoms with Crippen molar-refractivity contribution in [1.82, 2.24) is 0 Å². The number of ketones is 1. The van der Waals surface area contributed by atoms with Gasteiger partial charge in [-0.2, -0.15) is 0 Å². The summed E-state index contributed by atoms with van der Waals surface area (Å²) >= 11 is 0. The Morgan fingerprint density at radius 1 is 1.00 bits per heavy atom. The highest BCUT2D eigenvalue weighted by Gasteiger charge is 2.47. The molecule has 3 aromatic carbocycles. The standard InChI is InChI=1S/C34H39NO5/c1-8-18-39-27-11-9-10-26(20-27)35-30(23-12-15-25(16-13-23)34(5,6)7)29(32(37)33(35)38)31(36)24-14-17-28(22(4)19-24)40-21(2)3/h9-17,19-21,30,36H,8,18H2,1-7H3/b31-29-. The molecule has 4 rings (SSSR count). The van der Waals surface area contributed by atoms with Gasteiger partial charge in [0.05, 0.1) is 24.3 Å². The smallest absolute Gasteiger partial charge is 0.300 e. The summed E-state index contributed by atoms with van der Waals surface area (Å²) in [7, 11) is 0. The quantitative estimate of drug-likeness (QED) is 0.182. The number of Topliss-reactive ketones (excluding diaryl/α,β-unsaturated/α-hetero) is 1. The van der Waals surface area contributed by atoms with Gasteiger partial charge in [0.25, 0.3) is 11.7 Å². The van der Waals surface area contributed by atoms with E-state index in [1.165, 1.54) is 4.90 Å². The van der Waals surface area contributed by atoms with Crippen LogP contribution in [0.15, 0.2) is 72.3 Å². The van der Waals surface area contributed by atoms with Crippen molar-refractivity contribution >= 4 is 23.1 Å². The van der Waals surface area contributed by atoms with E-state index in [0.29, 0.717) is 29.4 Å². The average molecular weight is 542 g/mol. The fraction of sp³-hybridized carbons (Fsp3) is 0.353. The molecule has 1 atom stereocenters. The molecule has 1 unspecified atom stereocenters. The van der Waals surface area contributed by atoms with Gasteiger partial charge in [-0.05, 0) is 79.6 Å². The highest BCUT2D eigenvalue weighted by molar-refractivity contribution is 6.51. The summed E-state index contributed by atoms with van der Waals surface area (Å²) in [5.74, 6) is -0.342. The van der Waals surface area contributed by atoms with Crippen LogP contribution in [0.2, 0.25) is 0 Å². The van der Waals surface area contributed by atoms with Gasteiger partial charge in [0.15, 0.2) is 0 Å². The van der Waals surface area contributed by atoms with Gasteiger partial charge in [-0.3, -0.25) is 14.5 Å². The Morgan fingerprint density at radius 2 is 1.70 bits per heavy atom. The van der Waals surface area contributed by atoms with E-state index >= 15 is 0 Å². The largest absolute Gasteiger partial charge is 0.507 e. The van der Waals surface area contributed by atoms with Crippen LogP contribution in [0.5, 0.6) is 11.5 Å². The van der Waals surface area contributed by atoms with Crippen molar-refractivity contribution in [3.8, 4) is 11.5 Å². The lowest BCUT2D eigenvalue weighted by molar-refractivity contribution is -0.132. The summed E-state index contributed by atoms with van der Waals surface area (Å²) in [5.41, 5.74) is 3.62. The second-order valence-corrected chi connectivity index (χ2v) is 11.5. The number of aryl methyl sites for hydroxylation is 1. The van der Waals surface area contributed by atoms with Gasteiger partial charge >= 0.3 is 0 Å². The van der Waals surface area contributed by atoms with Crippen molar-refractivity contribution in [2.45, 2.75) is 72.4 Å². The van der Waals surface area contributed by atoms with Crippen LogP contribution in [0.25, 0.3) is 5.76 Å². The highest BCUT2D eigenvalue weighted by Crippen LogP contribution is 2.43. The van der Waals surface area contributed by atoms with Gasteiger partial charge in [-0.25, -0.2) is 0 Å². The summed E-state index contributed by atoms with van der Waals surface area (Å²) < 4.78 is 11.7. The van der Waals surface area contributed by atoms with Gasteiger partial charge in [-0.1, -0.05) is 58.0 Å². The summed E-state index contributed by atoms with van der Waals surface area (Å²) in [4.78, 5) is 28.7. The number of aliphatic hydroxyl groups excluding tert-OH is 1. The molecule has 3 aromatic rings. The van der Waals surface area contributed by atoms with E-state index in [-0.39, 0.29) is 22.9 Å². The Balaban J connectivity index is 1.88. The van der Waals surface area contributed by atoms with Crippen molar-refractivity contribution in [3.63, 3.8) is 0 Å². The van der Waals surface area contributed by atoms with Crippen LogP contribution in [-0.2, 0) is 15.0 Å². The van der Waals surface area contributed by atoms with Crippen molar-refractivity contribution in [1.29, 1.82) is 0 Å². The molecule has 0 spiro atoms. The number of anilines is 1. The second-order valence-electron chi connectivity index (χ2n) is 11.5. The summed E-state index contributed by atoms with van der Waals surface area (Å²) in [6.07, 6.45) is 0.839. The molecule has 0 aromatic heterocycles. The predicted molar refractivity (Wildman–Crippen MR) is 159 cm³/mol. The fourth-order valence-electron chi connectivity index (χ4n) is 4.86. The van der Waals surface area contributed by atoms with E-state index < -0.39 is 17.7 Å². The third-order valence-corrected chi connectivity index (χ3v) is 6.92. The third-order valence-electron chi connectivity index (χ3n) is 6.92. The zero-order chi connectivity index (χ0) is 29.2. The predicted octanol–water partition coefficient (Wildman–Crippen LogP) is 7.49.